The minimum Gasteiger partial charge on any atom is -0.449 e. The van der Waals surface area contributed by atoms with Crippen LogP contribution >= 0.6 is 0 Å². The molecule has 4 saturated carbocycles. The largest absolute Gasteiger partial charge is 0.449 e. The van der Waals surface area contributed by atoms with Crippen molar-refractivity contribution in [3.05, 3.63) is 0 Å². The van der Waals surface area contributed by atoms with E-state index in [2.05, 4.69) is 6.92 Å². The van der Waals surface area contributed by atoms with Crippen molar-refractivity contribution in [3.8, 4) is 0 Å². The first-order valence-electron chi connectivity index (χ1n) is 10.3. The summed E-state index contributed by atoms with van der Waals surface area (Å²) in [5, 5.41) is 0. The van der Waals surface area contributed by atoms with E-state index in [9.17, 15) is 9.59 Å². The molecule has 0 aromatic carbocycles. The van der Waals surface area contributed by atoms with E-state index in [-0.39, 0.29) is 11.5 Å². The van der Waals surface area contributed by atoms with E-state index in [0.29, 0.717) is 38.7 Å². The molecule has 0 N–H and O–H groups in total. The van der Waals surface area contributed by atoms with E-state index >= 15 is 0 Å². The molecule has 5 rings (SSSR count). The molecule has 0 radical (unpaired) electrons. The van der Waals surface area contributed by atoms with Gasteiger partial charge in [0.2, 0.25) is 5.91 Å². The van der Waals surface area contributed by atoms with E-state index in [1.165, 1.54) is 19.3 Å². The van der Waals surface area contributed by atoms with E-state index in [1.54, 1.807) is 4.90 Å². The van der Waals surface area contributed by atoms with Crippen molar-refractivity contribution in [2.75, 3.05) is 32.8 Å². The van der Waals surface area contributed by atoms with Crippen LogP contribution in [0.2, 0.25) is 0 Å². The SMILES string of the molecule is CCCCOC(=O)N1CCN(C(=O)C23CC4CC(CC(C4)C2)C3)CC1. The van der Waals surface area contributed by atoms with Gasteiger partial charge in [0.05, 0.1) is 12.0 Å². The molecule has 1 heterocycles. The van der Waals surface area contributed by atoms with E-state index in [4.69, 9.17) is 4.74 Å². The third-order valence-electron chi connectivity index (χ3n) is 7.04. The molecule has 0 atom stereocenters. The average Bonchev–Trinajstić information content (AvgIpc) is 2.60. The van der Waals surface area contributed by atoms with Gasteiger partial charge in [0, 0.05) is 26.2 Å². The van der Waals surface area contributed by atoms with Gasteiger partial charge in [0.25, 0.3) is 0 Å². The molecule has 0 aromatic heterocycles. The molecule has 1 saturated heterocycles. The third kappa shape index (κ3) is 3.26. The van der Waals surface area contributed by atoms with Gasteiger partial charge in [-0.25, -0.2) is 4.79 Å². The lowest BCUT2D eigenvalue weighted by atomic mass is 9.49. The Morgan fingerprint density at radius 2 is 1.44 bits per heavy atom. The Bertz CT molecular complexity index is 490. The van der Waals surface area contributed by atoms with Crippen molar-refractivity contribution < 1.29 is 14.3 Å². The number of hydrogen-bond acceptors (Lipinski definition) is 3. The highest BCUT2D eigenvalue weighted by molar-refractivity contribution is 5.83. The van der Waals surface area contributed by atoms with Crippen molar-refractivity contribution in [1.29, 1.82) is 0 Å². The summed E-state index contributed by atoms with van der Waals surface area (Å²) in [4.78, 5) is 29.2. The molecule has 0 aromatic rings. The lowest BCUT2D eigenvalue weighted by Crippen LogP contribution is -2.58. The fourth-order valence-electron chi connectivity index (χ4n) is 6.20. The van der Waals surface area contributed by atoms with Crippen LogP contribution in [-0.2, 0) is 9.53 Å². The Kier molecular flexibility index (Phi) is 4.67. The molecule has 5 nitrogen and oxygen atoms in total. The minimum atomic E-state index is -0.213. The van der Waals surface area contributed by atoms with E-state index in [1.807, 2.05) is 4.90 Å². The Hall–Kier alpha value is -1.26. The average molecular weight is 348 g/mol. The summed E-state index contributed by atoms with van der Waals surface area (Å²) in [7, 11) is 0. The third-order valence-corrected chi connectivity index (χ3v) is 7.04. The first-order chi connectivity index (χ1) is 12.1. The van der Waals surface area contributed by atoms with Gasteiger partial charge in [0.1, 0.15) is 0 Å². The number of carbonyl (C=O) groups is 2. The second kappa shape index (κ2) is 6.81. The number of nitrogens with zero attached hydrogens (tertiary/aromatic N) is 2. The zero-order chi connectivity index (χ0) is 17.4. The zero-order valence-electron chi connectivity index (χ0n) is 15.5. The van der Waals surface area contributed by atoms with Gasteiger partial charge < -0.3 is 14.5 Å². The van der Waals surface area contributed by atoms with Gasteiger partial charge in [-0.15, -0.1) is 0 Å². The fourth-order valence-corrected chi connectivity index (χ4v) is 6.20. The standard InChI is InChI=1S/C20H32N2O3/c1-2-3-8-25-19(24)22-6-4-21(5-7-22)18(23)20-12-15-9-16(13-20)11-17(10-15)14-20/h15-17H,2-14H2,1H3. The lowest BCUT2D eigenvalue weighted by Gasteiger charge is -2.57. The highest BCUT2D eigenvalue weighted by atomic mass is 16.6. The second-order valence-electron chi connectivity index (χ2n) is 8.95. The monoisotopic (exact) mass is 348 g/mol. The van der Waals surface area contributed by atoms with E-state index < -0.39 is 0 Å². The molecule has 0 spiro atoms. The topological polar surface area (TPSA) is 49.9 Å². The number of unbranched alkanes of at least 4 members (excludes halogenated alkanes) is 1. The van der Waals surface area contributed by atoms with Crippen molar-refractivity contribution in [2.45, 2.75) is 58.3 Å². The van der Waals surface area contributed by atoms with Crippen LogP contribution in [0.3, 0.4) is 0 Å². The van der Waals surface area contributed by atoms with Crippen molar-refractivity contribution in [2.24, 2.45) is 23.2 Å². The minimum absolute atomic E-state index is 0.0570. The van der Waals surface area contributed by atoms with Crippen molar-refractivity contribution in [3.63, 3.8) is 0 Å². The van der Waals surface area contributed by atoms with Gasteiger partial charge in [-0.05, 0) is 62.7 Å². The summed E-state index contributed by atoms with van der Waals surface area (Å²) < 4.78 is 5.30. The number of hydrogen-bond donors (Lipinski definition) is 0. The van der Waals surface area contributed by atoms with Crippen LogP contribution in [0.25, 0.3) is 0 Å². The van der Waals surface area contributed by atoms with Crippen LogP contribution in [0.5, 0.6) is 0 Å². The summed E-state index contributed by atoms with van der Waals surface area (Å²) in [6.07, 6.45) is 9.19. The molecule has 5 aliphatic rings. The number of carbonyl (C=O) groups excluding carboxylic acids is 2. The van der Waals surface area contributed by atoms with Gasteiger partial charge >= 0.3 is 6.09 Å². The predicted molar refractivity (Wildman–Crippen MR) is 95.0 cm³/mol. The molecule has 5 heteroatoms. The Balaban J connectivity index is 1.32. The number of rotatable bonds is 4. The summed E-state index contributed by atoms with van der Waals surface area (Å²) >= 11 is 0. The summed E-state index contributed by atoms with van der Waals surface area (Å²) in [5.74, 6) is 2.78. The van der Waals surface area contributed by atoms with Crippen LogP contribution in [0.4, 0.5) is 4.79 Å². The normalized spacial score (nSPS) is 36.6. The number of piperazine rings is 1. The Labute approximate surface area is 151 Å². The zero-order valence-corrected chi connectivity index (χ0v) is 15.5. The maximum Gasteiger partial charge on any atom is 0.409 e. The molecular formula is C20H32N2O3. The first kappa shape index (κ1) is 17.2. The molecule has 4 bridgehead atoms. The van der Waals surface area contributed by atoms with Crippen LogP contribution in [0, 0.1) is 23.2 Å². The highest BCUT2D eigenvalue weighted by Crippen LogP contribution is 2.60. The maximum absolute atomic E-state index is 13.3. The highest BCUT2D eigenvalue weighted by Gasteiger charge is 2.55. The molecule has 2 amide bonds. The van der Waals surface area contributed by atoms with Crippen molar-refractivity contribution >= 4 is 12.0 Å². The lowest BCUT2D eigenvalue weighted by molar-refractivity contribution is -0.159. The van der Waals surface area contributed by atoms with Crippen LogP contribution in [0.15, 0.2) is 0 Å². The van der Waals surface area contributed by atoms with E-state index in [0.717, 1.165) is 49.9 Å². The van der Waals surface area contributed by atoms with Gasteiger partial charge in [-0.3, -0.25) is 4.79 Å². The molecule has 5 fully saturated rings. The molecular weight excluding hydrogens is 316 g/mol. The Morgan fingerprint density at radius 3 is 1.96 bits per heavy atom. The molecule has 1 aliphatic heterocycles. The fraction of sp³-hybridized carbons (Fsp3) is 0.900. The predicted octanol–water partition coefficient (Wildman–Crippen LogP) is 3.28. The van der Waals surface area contributed by atoms with Gasteiger partial charge in [-0.1, -0.05) is 13.3 Å². The maximum atomic E-state index is 13.3. The number of ether oxygens (including phenoxy) is 1. The molecule has 4 aliphatic carbocycles. The van der Waals surface area contributed by atoms with Crippen LogP contribution in [0.1, 0.15) is 58.3 Å². The summed E-state index contributed by atoms with van der Waals surface area (Å²) in [5.41, 5.74) is -0.0570. The van der Waals surface area contributed by atoms with Gasteiger partial charge in [0.15, 0.2) is 0 Å². The Morgan fingerprint density at radius 1 is 0.920 bits per heavy atom. The van der Waals surface area contributed by atoms with Gasteiger partial charge in [-0.2, -0.15) is 0 Å². The number of amides is 2. The smallest absolute Gasteiger partial charge is 0.409 e. The second-order valence-corrected chi connectivity index (χ2v) is 8.95. The van der Waals surface area contributed by atoms with Crippen LogP contribution < -0.4 is 0 Å². The summed E-state index contributed by atoms with van der Waals surface area (Å²) in [6.45, 7) is 5.16. The first-order valence-corrected chi connectivity index (χ1v) is 10.3. The van der Waals surface area contributed by atoms with Crippen molar-refractivity contribution in [1.82, 2.24) is 9.80 Å². The molecule has 25 heavy (non-hydrogen) atoms. The van der Waals surface area contributed by atoms with Crippen LogP contribution in [-0.4, -0.2) is 54.6 Å². The quantitative estimate of drug-likeness (QED) is 0.733. The molecule has 140 valence electrons. The molecule has 0 unspecified atom stereocenters. The summed E-state index contributed by atoms with van der Waals surface area (Å²) in [6, 6.07) is 0.